The van der Waals surface area contributed by atoms with Crippen LogP contribution in [0.1, 0.15) is 46.7 Å². The van der Waals surface area contributed by atoms with Gasteiger partial charge in [0.15, 0.2) is 5.82 Å². The average Bonchev–Trinajstić information content (AvgIpc) is 2.45. The van der Waals surface area contributed by atoms with Crippen LogP contribution in [-0.4, -0.2) is 29.8 Å². The first-order chi connectivity index (χ1) is 9.56. The topological polar surface area (TPSA) is 41.0 Å². The van der Waals surface area contributed by atoms with Gasteiger partial charge in [0.05, 0.1) is 5.69 Å². The summed E-state index contributed by atoms with van der Waals surface area (Å²) >= 11 is 0. The van der Waals surface area contributed by atoms with E-state index in [9.17, 15) is 0 Å². The van der Waals surface area contributed by atoms with Crippen molar-refractivity contribution in [3.63, 3.8) is 0 Å². The van der Waals surface area contributed by atoms with E-state index < -0.39 is 0 Å². The molecule has 1 aromatic rings. The fourth-order valence-electron chi connectivity index (χ4n) is 1.99. The maximum Gasteiger partial charge on any atom is 0.151 e. The first-order valence-corrected chi connectivity index (χ1v) is 7.85. The van der Waals surface area contributed by atoms with Crippen LogP contribution >= 0.6 is 0 Å². The second kappa shape index (κ2) is 8.90. The standard InChI is InChI=1S/C16H30N4/c1-6-14(5)12-20(7-2)16-9-8-15(18-19-16)11-17-10-13(3)4/h8-9,13-14,17H,6-7,10-12H2,1-5H3. The lowest BCUT2D eigenvalue weighted by Crippen LogP contribution is -2.29. The third-order valence-corrected chi connectivity index (χ3v) is 3.50. The molecular weight excluding hydrogens is 248 g/mol. The van der Waals surface area contributed by atoms with Gasteiger partial charge in [0, 0.05) is 19.6 Å². The molecule has 0 aliphatic rings. The average molecular weight is 278 g/mol. The second-order valence-electron chi connectivity index (χ2n) is 5.96. The van der Waals surface area contributed by atoms with Gasteiger partial charge in [-0.15, -0.1) is 5.10 Å². The third kappa shape index (κ3) is 5.87. The number of hydrogen-bond donors (Lipinski definition) is 1. The van der Waals surface area contributed by atoms with E-state index in [-0.39, 0.29) is 0 Å². The summed E-state index contributed by atoms with van der Waals surface area (Å²) in [6.07, 6.45) is 1.20. The number of rotatable bonds is 9. The smallest absolute Gasteiger partial charge is 0.151 e. The van der Waals surface area contributed by atoms with E-state index in [0.29, 0.717) is 11.8 Å². The Kier molecular flexibility index (Phi) is 7.52. The molecule has 1 rings (SSSR count). The summed E-state index contributed by atoms with van der Waals surface area (Å²) in [5, 5.41) is 12.1. The predicted molar refractivity (Wildman–Crippen MR) is 85.9 cm³/mol. The molecule has 4 heteroatoms. The van der Waals surface area contributed by atoms with Crippen LogP contribution in [0.3, 0.4) is 0 Å². The van der Waals surface area contributed by atoms with Crippen LogP contribution in [0.2, 0.25) is 0 Å². The SMILES string of the molecule is CCC(C)CN(CC)c1ccc(CNCC(C)C)nn1. The van der Waals surface area contributed by atoms with Crippen LogP contribution in [0, 0.1) is 11.8 Å². The van der Waals surface area contributed by atoms with Crippen LogP contribution in [0.25, 0.3) is 0 Å². The molecule has 1 aromatic heterocycles. The fourth-order valence-corrected chi connectivity index (χ4v) is 1.99. The quantitative estimate of drug-likeness (QED) is 0.753. The first-order valence-electron chi connectivity index (χ1n) is 7.85. The molecule has 0 saturated heterocycles. The van der Waals surface area contributed by atoms with E-state index in [0.717, 1.165) is 37.7 Å². The van der Waals surface area contributed by atoms with Crippen LogP contribution in [0.5, 0.6) is 0 Å². The summed E-state index contributed by atoms with van der Waals surface area (Å²) in [4.78, 5) is 2.30. The van der Waals surface area contributed by atoms with Gasteiger partial charge in [-0.1, -0.05) is 34.1 Å². The monoisotopic (exact) mass is 278 g/mol. The summed E-state index contributed by atoms with van der Waals surface area (Å²) < 4.78 is 0. The minimum Gasteiger partial charge on any atom is -0.355 e. The Morgan fingerprint density at radius 3 is 2.40 bits per heavy atom. The fraction of sp³-hybridized carbons (Fsp3) is 0.750. The molecule has 1 heterocycles. The summed E-state index contributed by atoms with van der Waals surface area (Å²) in [6.45, 7) is 14.9. The zero-order valence-electron chi connectivity index (χ0n) is 13.7. The third-order valence-electron chi connectivity index (χ3n) is 3.50. The summed E-state index contributed by atoms with van der Waals surface area (Å²) in [5.41, 5.74) is 1.01. The molecule has 0 saturated carbocycles. The Labute approximate surface area is 124 Å². The van der Waals surface area contributed by atoms with Crippen molar-refractivity contribution in [1.29, 1.82) is 0 Å². The normalized spacial score (nSPS) is 12.7. The molecule has 0 aromatic carbocycles. The van der Waals surface area contributed by atoms with E-state index in [1.807, 2.05) is 0 Å². The van der Waals surface area contributed by atoms with Crippen LogP contribution in [0.4, 0.5) is 5.82 Å². The van der Waals surface area contributed by atoms with Gasteiger partial charge in [-0.2, -0.15) is 5.10 Å². The number of nitrogens with one attached hydrogen (secondary N) is 1. The lowest BCUT2D eigenvalue weighted by atomic mass is 10.1. The van der Waals surface area contributed by atoms with E-state index in [1.54, 1.807) is 0 Å². The minimum atomic E-state index is 0.661. The summed E-state index contributed by atoms with van der Waals surface area (Å²) in [6, 6.07) is 4.17. The maximum atomic E-state index is 4.37. The lowest BCUT2D eigenvalue weighted by Gasteiger charge is -2.24. The molecule has 0 fully saturated rings. The number of nitrogens with zero attached hydrogens (tertiary/aromatic N) is 3. The van der Waals surface area contributed by atoms with Crippen molar-refractivity contribution in [3.05, 3.63) is 17.8 Å². The molecule has 1 N–H and O–H groups in total. The Morgan fingerprint density at radius 1 is 1.15 bits per heavy atom. The van der Waals surface area contributed by atoms with E-state index in [1.165, 1.54) is 6.42 Å². The highest BCUT2D eigenvalue weighted by molar-refractivity contribution is 5.37. The van der Waals surface area contributed by atoms with Crippen molar-refractivity contribution in [2.75, 3.05) is 24.5 Å². The maximum absolute atomic E-state index is 4.37. The molecule has 4 nitrogen and oxygen atoms in total. The molecule has 0 aliphatic heterocycles. The Balaban J connectivity index is 2.55. The Bertz CT molecular complexity index is 361. The highest BCUT2D eigenvalue weighted by Crippen LogP contribution is 2.13. The molecule has 20 heavy (non-hydrogen) atoms. The number of anilines is 1. The first kappa shape index (κ1) is 16.9. The van der Waals surface area contributed by atoms with Gasteiger partial charge < -0.3 is 10.2 Å². The Morgan fingerprint density at radius 2 is 1.90 bits per heavy atom. The molecule has 1 atom stereocenters. The van der Waals surface area contributed by atoms with E-state index in [4.69, 9.17) is 0 Å². The molecule has 0 spiro atoms. The molecule has 0 bridgehead atoms. The minimum absolute atomic E-state index is 0.661. The number of hydrogen-bond acceptors (Lipinski definition) is 4. The van der Waals surface area contributed by atoms with Gasteiger partial charge in [-0.25, -0.2) is 0 Å². The summed E-state index contributed by atoms with van der Waals surface area (Å²) in [7, 11) is 0. The van der Waals surface area contributed by atoms with Crippen LogP contribution in [0.15, 0.2) is 12.1 Å². The molecular formula is C16H30N4. The van der Waals surface area contributed by atoms with Crippen molar-refractivity contribution in [2.24, 2.45) is 11.8 Å². The zero-order chi connectivity index (χ0) is 15.0. The van der Waals surface area contributed by atoms with Gasteiger partial charge in [-0.3, -0.25) is 0 Å². The second-order valence-corrected chi connectivity index (χ2v) is 5.96. The molecule has 0 aliphatic carbocycles. The summed E-state index contributed by atoms with van der Waals surface area (Å²) in [5.74, 6) is 2.33. The van der Waals surface area contributed by atoms with Crippen molar-refractivity contribution >= 4 is 5.82 Å². The van der Waals surface area contributed by atoms with Gasteiger partial charge in [0.2, 0.25) is 0 Å². The van der Waals surface area contributed by atoms with Gasteiger partial charge in [0.1, 0.15) is 0 Å². The van der Waals surface area contributed by atoms with E-state index >= 15 is 0 Å². The van der Waals surface area contributed by atoms with Gasteiger partial charge >= 0.3 is 0 Å². The highest BCUT2D eigenvalue weighted by Gasteiger charge is 2.10. The van der Waals surface area contributed by atoms with Gasteiger partial charge in [-0.05, 0) is 37.4 Å². The van der Waals surface area contributed by atoms with Crippen LogP contribution < -0.4 is 10.2 Å². The molecule has 114 valence electrons. The molecule has 1 unspecified atom stereocenters. The Hall–Kier alpha value is -1.16. The zero-order valence-corrected chi connectivity index (χ0v) is 13.7. The molecule has 0 radical (unpaired) electrons. The molecule has 0 amide bonds. The van der Waals surface area contributed by atoms with Gasteiger partial charge in [0.25, 0.3) is 0 Å². The largest absolute Gasteiger partial charge is 0.355 e. The van der Waals surface area contributed by atoms with E-state index in [2.05, 4.69) is 67.2 Å². The van der Waals surface area contributed by atoms with Crippen molar-refractivity contribution < 1.29 is 0 Å². The van der Waals surface area contributed by atoms with Crippen molar-refractivity contribution in [1.82, 2.24) is 15.5 Å². The predicted octanol–water partition coefficient (Wildman–Crippen LogP) is 3.09. The van der Waals surface area contributed by atoms with Crippen molar-refractivity contribution in [2.45, 2.75) is 47.6 Å². The van der Waals surface area contributed by atoms with Crippen LogP contribution in [-0.2, 0) is 6.54 Å². The van der Waals surface area contributed by atoms with Crippen molar-refractivity contribution in [3.8, 4) is 0 Å². The number of aromatic nitrogens is 2. The highest BCUT2D eigenvalue weighted by atomic mass is 15.3. The lowest BCUT2D eigenvalue weighted by molar-refractivity contribution is 0.539.